The number of non-ortho nitro benzene ring substituents is 1. The predicted molar refractivity (Wildman–Crippen MR) is 116 cm³/mol. The minimum atomic E-state index is -0.457. The third kappa shape index (κ3) is 5.34. The molecule has 0 saturated carbocycles. The number of anilines is 1. The lowest BCUT2D eigenvalue weighted by molar-refractivity contribution is -0.384. The van der Waals surface area contributed by atoms with Crippen LogP contribution in [0, 0.1) is 17.0 Å². The van der Waals surface area contributed by atoms with Gasteiger partial charge >= 0.3 is 0 Å². The van der Waals surface area contributed by atoms with Gasteiger partial charge in [-0.15, -0.1) is 0 Å². The Morgan fingerprint density at radius 2 is 1.66 bits per heavy atom. The monoisotopic (exact) mass is 428 g/mol. The van der Waals surface area contributed by atoms with Gasteiger partial charge in [-0.3, -0.25) is 14.9 Å². The van der Waals surface area contributed by atoms with Gasteiger partial charge in [0.05, 0.1) is 21.0 Å². The van der Waals surface area contributed by atoms with Gasteiger partial charge in [0, 0.05) is 29.8 Å². The number of rotatable bonds is 7. The first-order chi connectivity index (χ1) is 13.8. The third-order valence-corrected chi connectivity index (χ3v) is 5.27. The summed E-state index contributed by atoms with van der Waals surface area (Å²) in [6.07, 6.45) is 0.179. The van der Waals surface area contributed by atoms with Crippen molar-refractivity contribution in [1.29, 1.82) is 0 Å². The fourth-order valence-corrected chi connectivity index (χ4v) is 3.21. The lowest BCUT2D eigenvalue weighted by atomic mass is 9.97. The molecule has 0 spiro atoms. The van der Waals surface area contributed by atoms with Crippen molar-refractivity contribution in [3.63, 3.8) is 0 Å². The van der Waals surface area contributed by atoms with Crippen molar-refractivity contribution in [3.8, 4) is 0 Å². The zero-order valence-electron chi connectivity index (χ0n) is 15.6. The van der Waals surface area contributed by atoms with Gasteiger partial charge in [0.1, 0.15) is 0 Å². The molecule has 1 unspecified atom stereocenters. The van der Waals surface area contributed by atoms with Crippen molar-refractivity contribution in [2.45, 2.75) is 19.4 Å². The van der Waals surface area contributed by atoms with Gasteiger partial charge in [-0.2, -0.15) is 0 Å². The summed E-state index contributed by atoms with van der Waals surface area (Å²) in [4.78, 5) is 23.2. The molecule has 29 heavy (non-hydrogen) atoms. The second-order valence-electron chi connectivity index (χ2n) is 6.67. The molecule has 0 aliphatic rings. The van der Waals surface area contributed by atoms with Gasteiger partial charge in [0.25, 0.3) is 5.69 Å². The number of carbonyl (C=O) groups is 1. The molecule has 0 fully saturated rings. The topological polar surface area (TPSA) is 72.2 Å². The van der Waals surface area contributed by atoms with E-state index in [1.807, 2.05) is 19.1 Å². The summed E-state index contributed by atoms with van der Waals surface area (Å²) in [5.74, 6) is -0.0320. The molecule has 0 aliphatic carbocycles. The third-order valence-electron chi connectivity index (χ3n) is 4.53. The van der Waals surface area contributed by atoms with Crippen LogP contribution < -0.4 is 5.32 Å². The highest BCUT2D eigenvalue weighted by Gasteiger charge is 2.19. The second kappa shape index (κ2) is 9.07. The first-order valence-electron chi connectivity index (χ1n) is 8.89. The maximum absolute atomic E-state index is 12.8. The number of carbonyl (C=O) groups excluding carboxylic acids is 1. The van der Waals surface area contributed by atoms with Crippen molar-refractivity contribution in [2.75, 3.05) is 5.32 Å². The molecule has 0 aliphatic heterocycles. The Morgan fingerprint density at radius 1 is 1.00 bits per heavy atom. The normalized spacial score (nSPS) is 11.7. The van der Waals surface area contributed by atoms with Crippen LogP contribution in [0.25, 0.3) is 0 Å². The molecule has 0 heterocycles. The lowest BCUT2D eigenvalue weighted by Crippen LogP contribution is -2.16. The maximum atomic E-state index is 12.8. The van der Waals surface area contributed by atoms with Crippen molar-refractivity contribution in [3.05, 3.63) is 104 Å². The number of hydrogen-bond acceptors (Lipinski definition) is 4. The highest BCUT2D eigenvalue weighted by molar-refractivity contribution is 6.42. The van der Waals surface area contributed by atoms with E-state index in [0.29, 0.717) is 21.3 Å². The SMILES string of the molecule is Cc1ccc(C(=O)CC(Nc2ccc([N+](=O)[O-])cc2)c2ccc(Cl)c(Cl)c2)cc1. The average Bonchev–Trinajstić information content (AvgIpc) is 2.70. The molecule has 1 N–H and O–H groups in total. The number of nitrogens with one attached hydrogen (secondary N) is 1. The van der Waals surface area contributed by atoms with Gasteiger partial charge in [-0.05, 0) is 36.8 Å². The van der Waals surface area contributed by atoms with Gasteiger partial charge < -0.3 is 5.32 Å². The Hall–Kier alpha value is -2.89. The summed E-state index contributed by atoms with van der Waals surface area (Å²) in [6.45, 7) is 1.96. The summed E-state index contributed by atoms with van der Waals surface area (Å²) in [7, 11) is 0. The van der Waals surface area contributed by atoms with Crippen LogP contribution in [0.3, 0.4) is 0 Å². The first kappa shape index (κ1) is 20.8. The van der Waals surface area contributed by atoms with Crippen LogP contribution in [0.15, 0.2) is 66.7 Å². The quantitative estimate of drug-likeness (QED) is 0.260. The molecule has 5 nitrogen and oxygen atoms in total. The highest BCUT2D eigenvalue weighted by atomic mass is 35.5. The number of nitro benzene ring substituents is 1. The smallest absolute Gasteiger partial charge is 0.269 e. The number of halogens is 2. The lowest BCUT2D eigenvalue weighted by Gasteiger charge is -2.20. The standard InChI is InChI=1S/C22H18Cl2N2O3/c1-14-2-4-15(5-3-14)22(27)13-21(16-6-11-19(23)20(24)12-16)25-17-7-9-18(10-8-17)26(28)29/h2-12,21,25H,13H2,1H3. The summed E-state index contributed by atoms with van der Waals surface area (Å²) >= 11 is 12.2. The number of benzene rings is 3. The fraction of sp³-hybridized carbons (Fsp3) is 0.136. The van der Waals surface area contributed by atoms with Crippen molar-refractivity contribution in [1.82, 2.24) is 0 Å². The van der Waals surface area contributed by atoms with Crippen LogP contribution in [-0.2, 0) is 0 Å². The van der Waals surface area contributed by atoms with Crippen molar-refractivity contribution < 1.29 is 9.72 Å². The Kier molecular flexibility index (Phi) is 6.52. The molecule has 148 valence electrons. The van der Waals surface area contributed by atoms with Crippen LogP contribution in [0.1, 0.15) is 33.9 Å². The molecule has 7 heteroatoms. The van der Waals surface area contributed by atoms with E-state index < -0.39 is 4.92 Å². The molecule has 0 aromatic heterocycles. The highest BCUT2D eigenvalue weighted by Crippen LogP contribution is 2.30. The zero-order chi connectivity index (χ0) is 21.0. The molecule has 3 aromatic rings. The van der Waals surface area contributed by atoms with E-state index in [1.165, 1.54) is 12.1 Å². The summed E-state index contributed by atoms with van der Waals surface area (Å²) in [6, 6.07) is 18.3. The van der Waals surface area contributed by atoms with E-state index in [4.69, 9.17) is 23.2 Å². The fourth-order valence-electron chi connectivity index (χ4n) is 2.90. The van der Waals surface area contributed by atoms with Crippen LogP contribution >= 0.6 is 23.2 Å². The minimum Gasteiger partial charge on any atom is -0.378 e. The maximum Gasteiger partial charge on any atom is 0.269 e. The van der Waals surface area contributed by atoms with Crippen LogP contribution in [0.5, 0.6) is 0 Å². The largest absolute Gasteiger partial charge is 0.378 e. The van der Waals surface area contributed by atoms with Gasteiger partial charge in [-0.1, -0.05) is 59.1 Å². The second-order valence-corrected chi connectivity index (χ2v) is 7.48. The first-order valence-corrected chi connectivity index (χ1v) is 9.65. The van der Waals surface area contributed by atoms with E-state index in [1.54, 1.807) is 42.5 Å². The summed E-state index contributed by atoms with van der Waals surface area (Å²) in [5, 5.41) is 15.0. The van der Waals surface area contributed by atoms with E-state index in [9.17, 15) is 14.9 Å². The predicted octanol–water partition coefficient (Wildman–Crippen LogP) is 6.64. The zero-order valence-corrected chi connectivity index (χ0v) is 17.1. The minimum absolute atomic E-state index is 0.00244. The molecular weight excluding hydrogens is 411 g/mol. The molecule has 0 saturated heterocycles. The van der Waals surface area contributed by atoms with Gasteiger partial charge in [0.15, 0.2) is 5.78 Å². The molecule has 3 aromatic carbocycles. The van der Waals surface area contributed by atoms with Crippen LogP contribution in [0.4, 0.5) is 11.4 Å². The Labute approximate surface area is 178 Å². The van der Waals surface area contributed by atoms with Crippen molar-refractivity contribution >= 4 is 40.4 Å². The van der Waals surface area contributed by atoms with Crippen molar-refractivity contribution in [2.24, 2.45) is 0 Å². The average molecular weight is 429 g/mol. The number of hydrogen-bond donors (Lipinski definition) is 1. The van der Waals surface area contributed by atoms with Crippen LogP contribution in [-0.4, -0.2) is 10.7 Å². The summed E-state index contributed by atoms with van der Waals surface area (Å²) in [5.41, 5.74) is 3.14. The molecule has 3 rings (SSSR count). The van der Waals surface area contributed by atoms with Crippen LogP contribution in [0.2, 0.25) is 10.0 Å². The molecule has 0 bridgehead atoms. The van der Waals surface area contributed by atoms with E-state index in [0.717, 1.165) is 11.1 Å². The Balaban J connectivity index is 1.88. The van der Waals surface area contributed by atoms with E-state index >= 15 is 0 Å². The molecule has 1 atom stereocenters. The number of Topliss-reactive ketones (excluding diaryl/α,β-unsaturated/α-hetero) is 1. The Morgan fingerprint density at radius 3 is 2.24 bits per heavy atom. The molecular formula is C22H18Cl2N2O3. The number of aryl methyl sites for hydroxylation is 1. The van der Waals surface area contributed by atoms with E-state index in [2.05, 4.69) is 5.32 Å². The number of ketones is 1. The van der Waals surface area contributed by atoms with Gasteiger partial charge in [0.2, 0.25) is 0 Å². The van der Waals surface area contributed by atoms with E-state index in [-0.39, 0.29) is 23.9 Å². The Bertz CT molecular complexity index is 1030. The number of nitrogens with zero attached hydrogens (tertiary/aromatic N) is 1. The molecule has 0 amide bonds. The van der Waals surface area contributed by atoms with Gasteiger partial charge in [-0.25, -0.2) is 0 Å². The number of nitro groups is 1. The molecule has 0 radical (unpaired) electrons. The summed E-state index contributed by atoms with van der Waals surface area (Å²) < 4.78 is 0.